The van der Waals surface area contributed by atoms with Crippen LogP contribution in [0.3, 0.4) is 0 Å². The van der Waals surface area contributed by atoms with Crippen LogP contribution in [0.4, 0.5) is 0 Å². The van der Waals surface area contributed by atoms with Gasteiger partial charge in [0.15, 0.2) is 0 Å². The van der Waals surface area contributed by atoms with Crippen LogP contribution in [-0.4, -0.2) is 19.1 Å². The lowest BCUT2D eigenvalue weighted by atomic mass is 10.2. The van der Waals surface area contributed by atoms with Crippen LogP contribution in [0, 0.1) is 0 Å². The van der Waals surface area contributed by atoms with Gasteiger partial charge in [0.25, 0.3) is 0 Å². The summed E-state index contributed by atoms with van der Waals surface area (Å²) in [6.07, 6.45) is 8.69. The highest BCUT2D eigenvalue weighted by molar-refractivity contribution is 6.17. The first-order chi connectivity index (χ1) is 6.41. The summed E-state index contributed by atoms with van der Waals surface area (Å²) in [6, 6.07) is 0. The van der Waals surface area contributed by atoms with Crippen molar-refractivity contribution in [3.8, 4) is 0 Å². The molecular weight excluding hydrogens is 184 g/mol. The van der Waals surface area contributed by atoms with Gasteiger partial charge in [0.2, 0.25) is 0 Å². The molecule has 0 aliphatic carbocycles. The zero-order valence-corrected chi connectivity index (χ0v) is 9.61. The largest absolute Gasteiger partial charge is 0.381 e. The molecule has 0 saturated carbocycles. The van der Waals surface area contributed by atoms with Crippen LogP contribution in [0.25, 0.3) is 0 Å². The van der Waals surface area contributed by atoms with Crippen molar-refractivity contribution < 1.29 is 4.74 Å². The van der Waals surface area contributed by atoms with Gasteiger partial charge in [0, 0.05) is 19.1 Å². The van der Waals surface area contributed by atoms with Crippen molar-refractivity contribution in [3.05, 3.63) is 0 Å². The summed E-state index contributed by atoms with van der Waals surface area (Å²) in [4.78, 5) is 0. The van der Waals surface area contributed by atoms with Gasteiger partial charge in [0.1, 0.15) is 0 Å². The first kappa shape index (κ1) is 13.2. The van der Waals surface area contributed by atoms with Crippen molar-refractivity contribution in [3.63, 3.8) is 0 Å². The molecule has 0 atom stereocenters. The van der Waals surface area contributed by atoms with Gasteiger partial charge in [-0.15, -0.1) is 11.6 Å². The van der Waals surface area contributed by atoms with Crippen molar-refractivity contribution >= 4 is 11.6 Å². The van der Waals surface area contributed by atoms with Crippen molar-refractivity contribution in [2.24, 2.45) is 0 Å². The average Bonchev–Trinajstić information content (AvgIpc) is 2.16. The van der Waals surface area contributed by atoms with Gasteiger partial charge in [-0.3, -0.25) is 0 Å². The number of unbranched alkanes of at least 4 members (excludes halogenated alkanes) is 5. The molecule has 0 aliphatic rings. The zero-order valence-electron chi connectivity index (χ0n) is 8.86. The third-order valence-corrected chi connectivity index (χ3v) is 2.33. The van der Waals surface area contributed by atoms with Gasteiger partial charge in [-0.1, -0.05) is 26.2 Å². The lowest BCUT2D eigenvalue weighted by molar-refractivity contribution is 0.126. The van der Waals surface area contributed by atoms with Gasteiger partial charge >= 0.3 is 0 Å². The Labute approximate surface area is 87.8 Å². The molecular formula is C11H23ClO. The van der Waals surface area contributed by atoms with Gasteiger partial charge < -0.3 is 4.74 Å². The molecule has 0 aromatic heterocycles. The summed E-state index contributed by atoms with van der Waals surface area (Å²) in [6.45, 7) is 4.09. The molecule has 1 nitrogen and oxygen atoms in total. The normalized spacial score (nSPS) is 10.6. The first-order valence-electron chi connectivity index (χ1n) is 5.55. The van der Waals surface area contributed by atoms with E-state index < -0.39 is 0 Å². The molecule has 0 N–H and O–H groups in total. The van der Waals surface area contributed by atoms with E-state index in [1.165, 1.54) is 38.5 Å². The number of hydrogen-bond donors (Lipinski definition) is 0. The number of ether oxygens (including phenoxy) is 1. The summed E-state index contributed by atoms with van der Waals surface area (Å²) in [5, 5.41) is 0. The van der Waals surface area contributed by atoms with Crippen molar-refractivity contribution in [2.75, 3.05) is 19.1 Å². The van der Waals surface area contributed by atoms with Crippen molar-refractivity contribution in [2.45, 2.75) is 51.9 Å². The molecule has 0 aliphatic heterocycles. The van der Waals surface area contributed by atoms with E-state index in [4.69, 9.17) is 16.3 Å². The molecule has 0 rings (SSSR count). The van der Waals surface area contributed by atoms with Gasteiger partial charge in [0.05, 0.1) is 0 Å². The number of rotatable bonds is 10. The molecule has 13 heavy (non-hydrogen) atoms. The fourth-order valence-electron chi connectivity index (χ4n) is 1.21. The van der Waals surface area contributed by atoms with Crippen molar-refractivity contribution in [1.29, 1.82) is 0 Å². The summed E-state index contributed by atoms with van der Waals surface area (Å²) in [5.74, 6) is 0.788. The zero-order chi connectivity index (χ0) is 9.78. The van der Waals surface area contributed by atoms with E-state index in [2.05, 4.69) is 6.92 Å². The highest BCUT2D eigenvalue weighted by Crippen LogP contribution is 2.01. The minimum atomic E-state index is 0.788. The van der Waals surface area contributed by atoms with E-state index in [9.17, 15) is 0 Å². The van der Waals surface area contributed by atoms with E-state index >= 15 is 0 Å². The van der Waals surface area contributed by atoms with Crippen LogP contribution in [0.2, 0.25) is 0 Å². The second-order valence-electron chi connectivity index (χ2n) is 3.42. The second kappa shape index (κ2) is 12.2. The fourth-order valence-corrected chi connectivity index (χ4v) is 1.40. The summed E-state index contributed by atoms with van der Waals surface area (Å²) >= 11 is 5.56. The van der Waals surface area contributed by atoms with E-state index in [0.717, 1.165) is 25.5 Å². The Morgan fingerprint density at radius 1 is 0.846 bits per heavy atom. The van der Waals surface area contributed by atoms with E-state index in [1.54, 1.807) is 0 Å². The van der Waals surface area contributed by atoms with Crippen LogP contribution >= 0.6 is 11.6 Å². The van der Waals surface area contributed by atoms with Crippen LogP contribution in [0.1, 0.15) is 51.9 Å². The van der Waals surface area contributed by atoms with Crippen LogP contribution < -0.4 is 0 Å². The molecule has 0 heterocycles. The van der Waals surface area contributed by atoms with E-state index in [1.807, 2.05) is 0 Å². The third-order valence-electron chi connectivity index (χ3n) is 2.06. The van der Waals surface area contributed by atoms with Gasteiger partial charge in [-0.05, 0) is 25.7 Å². The SMILES string of the molecule is CCCCCCOCCCCCCl. The Hall–Kier alpha value is 0.250. The average molecular weight is 207 g/mol. The monoisotopic (exact) mass is 206 g/mol. The topological polar surface area (TPSA) is 9.23 Å². The highest BCUT2D eigenvalue weighted by atomic mass is 35.5. The summed E-state index contributed by atoms with van der Waals surface area (Å²) < 4.78 is 5.48. The molecule has 0 fully saturated rings. The lowest BCUT2D eigenvalue weighted by Gasteiger charge is -2.02. The first-order valence-corrected chi connectivity index (χ1v) is 6.09. The Bertz CT molecular complexity index is 76.2. The molecule has 0 saturated heterocycles. The predicted molar refractivity (Wildman–Crippen MR) is 59.5 cm³/mol. The smallest absolute Gasteiger partial charge is 0.0466 e. The minimum absolute atomic E-state index is 0.788. The Morgan fingerprint density at radius 2 is 1.46 bits per heavy atom. The predicted octanol–water partition coefficient (Wildman–Crippen LogP) is 3.99. The minimum Gasteiger partial charge on any atom is -0.381 e. The molecule has 0 radical (unpaired) electrons. The van der Waals surface area contributed by atoms with Gasteiger partial charge in [-0.2, -0.15) is 0 Å². The molecule has 0 spiro atoms. The molecule has 0 unspecified atom stereocenters. The maximum Gasteiger partial charge on any atom is 0.0466 e. The molecule has 0 aromatic carbocycles. The van der Waals surface area contributed by atoms with Gasteiger partial charge in [-0.25, -0.2) is 0 Å². The second-order valence-corrected chi connectivity index (χ2v) is 3.80. The number of alkyl halides is 1. The highest BCUT2D eigenvalue weighted by Gasteiger charge is 1.90. The molecule has 0 bridgehead atoms. The Balaban J connectivity index is 2.76. The standard InChI is InChI=1S/C11H23ClO/c1-2-3-4-7-10-13-11-8-5-6-9-12/h2-11H2,1H3. The van der Waals surface area contributed by atoms with Crippen LogP contribution in [0.5, 0.6) is 0 Å². The molecule has 0 aromatic rings. The third kappa shape index (κ3) is 12.2. The molecule has 0 amide bonds. The van der Waals surface area contributed by atoms with E-state index in [-0.39, 0.29) is 0 Å². The Kier molecular flexibility index (Phi) is 12.5. The maximum atomic E-state index is 5.56. The number of hydrogen-bond acceptors (Lipinski definition) is 1. The van der Waals surface area contributed by atoms with Crippen LogP contribution in [0.15, 0.2) is 0 Å². The maximum absolute atomic E-state index is 5.56. The lowest BCUT2D eigenvalue weighted by Crippen LogP contribution is -1.97. The molecule has 2 heteroatoms. The fraction of sp³-hybridized carbons (Fsp3) is 1.00. The number of halogens is 1. The van der Waals surface area contributed by atoms with Crippen molar-refractivity contribution in [1.82, 2.24) is 0 Å². The quantitative estimate of drug-likeness (QED) is 0.388. The van der Waals surface area contributed by atoms with Crippen LogP contribution in [-0.2, 0) is 4.74 Å². The van der Waals surface area contributed by atoms with E-state index in [0.29, 0.717) is 0 Å². The Morgan fingerprint density at radius 3 is 2.00 bits per heavy atom. The summed E-state index contributed by atoms with van der Waals surface area (Å²) in [7, 11) is 0. The summed E-state index contributed by atoms with van der Waals surface area (Å²) in [5.41, 5.74) is 0. The molecule has 80 valence electrons.